The molecule has 0 saturated carbocycles. The number of carbonyl (C=O) groups excluding carboxylic acids is 2. The molecule has 1 saturated heterocycles. The first-order chi connectivity index (χ1) is 6.58. The Labute approximate surface area is 84.7 Å². The topological polar surface area (TPSA) is 49.4 Å². The van der Waals surface area contributed by atoms with Gasteiger partial charge in [-0.3, -0.25) is 9.59 Å². The Balaban J connectivity index is 2.37. The summed E-state index contributed by atoms with van der Waals surface area (Å²) < 4.78 is 0. The van der Waals surface area contributed by atoms with Gasteiger partial charge in [0.05, 0.1) is 0 Å². The molecule has 1 fully saturated rings. The maximum absolute atomic E-state index is 11.2. The van der Waals surface area contributed by atoms with E-state index in [1.807, 2.05) is 6.92 Å². The summed E-state index contributed by atoms with van der Waals surface area (Å²) in [6.45, 7) is 5.98. The highest BCUT2D eigenvalue weighted by Crippen LogP contribution is 2.02. The molecule has 4 heteroatoms. The van der Waals surface area contributed by atoms with Crippen molar-refractivity contribution in [2.24, 2.45) is 0 Å². The molecule has 1 unspecified atom stereocenters. The fourth-order valence-electron chi connectivity index (χ4n) is 1.65. The van der Waals surface area contributed by atoms with Crippen molar-refractivity contribution in [2.75, 3.05) is 19.6 Å². The molecule has 1 rings (SSSR count). The second-order valence-corrected chi connectivity index (χ2v) is 3.97. The molecule has 14 heavy (non-hydrogen) atoms. The number of hydrogen-bond acceptors (Lipinski definition) is 3. The van der Waals surface area contributed by atoms with Gasteiger partial charge in [-0.1, -0.05) is 0 Å². The average molecular weight is 198 g/mol. The Hall–Kier alpha value is -0.900. The third-order valence-electron chi connectivity index (χ3n) is 2.37. The largest absolute Gasteiger partial charge is 0.352 e. The number of Topliss-reactive ketones (excluding diaryl/α,β-unsaturated/α-hetero) is 1. The minimum Gasteiger partial charge on any atom is -0.352 e. The number of nitrogens with zero attached hydrogens (tertiary/aromatic N) is 1. The van der Waals surface area contributed by atoms with Crippen molar-refractivity contribution in [3.63, 3.8) is 0 Å². The highest BCUT2D eigenvalue weighted by molar-refractivity contribution is 5.77. The molecule has 1 atom stereocenters. The van der Waals surface area contributed by atoms with Crippen LogP contribution in [0.2, 0.25) is 0 Å². The van der Waals surface area contributed by atoms with E-state index >= 15 is 0 Å². The molecule has 1 N–H and O–H groups in total. The lowest BCUT2D eigenvalue weighted by atomic mass is 10.2. The average Bonchev–Trinajstić information content (AvgIpc) is 2.23. The third-order valence-corrected chi connectivity index (χ3v) is 2.37. The quantitative estimate of drug-likeness (QED) is 0.703. The maximum atomic E-state index is 11.2. The number of nitrogens with one attached hydrogen (secondary N) is 1. The number of ketones is 1. The third kappa shape index (κ3) is 3.87. The van der Waals surface area contributed by atoms with E-state index in [4.69, 9.17) is 0 Å². The van der Waals surface area contributed by atoms with Crippen molar-refractivity contribution in [1.82, 2.24) is 10.2 Å². The number of amides is 1. The van der Waals surface area contributed by atoms with Crippen LogP contribution >= 0.6 is 0 Å². The summed E-state index contributed by atoms with van der Waals surface area (Å²) in [5.41, 5.74) is 0. The van der Waals surface area contributed by atoms with Crippen molar-refractivity contribution in [3.05, 3.63) is 0 Å². The predicted molar refractivity (Wildman–Crippen MR) is 54.0 cm³/mol. The van der Waals surface area contributed by atoms with E-state index in [9.17, 15) is 9.59 Å². The molecule has 1 heterocycles. The van der Waals surface area contributed by atoms with Gasteiger partial charge in [0.1, 0.15) is 5.78 Å². The van der Waals surface area contributed by atoms with Crippen molar-refractivity contribution in [2.45, 2.75) is 32.7 Å². The van der Waals surface area contributed by atoms with Crippen LogP contribution in [-0.2, 0) is 9.59 Å². The zero-order valence-corrected chi connectivity index (χ0v) is 8.88. The molecule has 0 aliphatic carbocycles. The van der Waals surface area contributed by atoms with Crippen LogP contribution in [0.25, 0.3) is 0 Å². The number of hydrogen-bond donors (Lipinski definition) is 1. The summed E-state index contributed by atoms with van der Waals surface area (Å²) in [7, 11) is 0. The Morgan fingerprint density at radius 2 is 2.36 bits per heavy atom. The lowest BCUT2D eigenvalue weighted by molar-refractivity contribution is -0.121. The second-order valence-electron chi connectivity index (χ2n) is 3.97. The van der Waals surface area contributed by atoms with Crippen LogP contribution in [0.1, 0.15) is 26.7 Å². The number of carbonyl (C=O) groups is 2. The van der Waals surface area contributed by atoms with E-state index in [0.29, 0.717) is 12.8 Å². The summed E-state index contributed by atoms with van der Waals surface area (Å²) in [5.74, 6) is 0.323. The molecular weight excluding hydrogens is 180 g/mol. The van der Waals surface area contributed by atoms with Gasteiger partial charge in [0, 0.05) is 38.5 Å². The molecule has 1 aliphatic heterocycles. The standard InChI is InChI=1S/C10H18N2O2/c1-8-7-12(5-3-9(2)13)6-4-10(14)11-8/h8H,3-7H2,1-2H3,(H,11,14). The summed E-state index contributed by atoms with van der Waals surface area (Å²) in [6.07, 6.45) is 1.13. The van der Waals surface area contributed by atoms with E-state index < -0.39 is 0 Å². The van der Waals surface area contributed by atoms with E-state index in [2.05, 4.69) is 10.2 Å². The van der Waals surface area contributed by atoms with E-state index in [-0.39, 0.29) is 17.7 Å². The molecule has 1 aliphatic rings. The normalized spacial score (nSPS) is 24.1. The molecule has 0 spiro atoms. The molecule has 0 aromatic rings. The first-order valence-corrected chi connectivity index (χ1v) is 5.09. The highest BCUT2D eigenvalue weighted by Gasteiger charge is 2.18. The Kier molecular flexibility index (Phi) is 4.07. The lowest BCUT2D eigenvalue weighted by Gasteiger charge is -2.20. The van der Waals surface area contributed by atoms with Crippen LogP contribution in [0, 0.1) is 0 Å². The number of rotatable bonds is 3. The van der Waals surface area contributed by atoms with Gasteiger partial charge >= 0.3 is 0 Å². The first-order valence-electron chi connectivity index (χ1n) is 5.09. The summed E-state index contributed by atoms with van der Waals surface area (Å²) in [5, 5.41) is 2.89. The lowest BCUT2D eigenvalue weighted by Crippen LogP contribution is -2.37. The zero-order chi connectivity index (χ0) is 10.6. The molecule has 1 amide bonds. The summed E-state index contributed by atoms with van der Waals surface area (Å²) in [6, 6.07) is 0.192. The fourth-order valence-corrected chi connectivity index (χ4v) is 1.65. The van der Waals surface area contributed by atoms with Gasteiger partial charge in [-0.05, 0) is 13.8 Å². The minimum absolute atomic E-state index is 0.114. The smallest absolute Gasteiger partial charge is 0.221 e. The monoisotopic (exact) mass is 198 g/mol. The van der Waals surface area contributed by atoms with Crippen LogP contribution < -0.4 is 5.32 Å². The van der Waals surface area contributed by atoms with Crippen molar-refractivity contribution < 1.29 is 9.59 Å². The van der Waals surface area contributed by atoms with Crippen LogP contribution in [0.3, 0.4) is 0 Å². The first kappa shape index (κ1) is 11.2. The Morgan fingerprint density at radius 3 is 3.00 bits per heavy atom. The van der Waals surface area contributed by atoms with Gasteiger partial charge in [-0.2, -0.15) is 0 Å². The van der Waals surface area contributed by atoms with Crippen LogP contribution in [0.4, 0.5) is 0 Å². The molecule has 0 aromatic heterocycles. The molecule has 80 valence electrons. The van der Waals surface area contributed by atoms with Crippen LogP contribution in [0.5, 0.6) is 0 Å². The molecule has 0 bridgehead atoms. The SMILES string of the molecule is CC(=O)CCN1CCC(=O)NC(C)C1. The molecule has 0 aromatic carbocycles. The summed E-state index contributed by atoms with van der Waals surface area (Å²) >= 11 is 0. The second kappa shape index (κ2) is 5.10. The molecular formula is C10H18N2O2. The van der Waals surface area contributed by atoms with E-state index in [1.165, 1.54) is 0 Å². The van der Waals surface area contributed by atoms with Crippen LogP contribution in [0.15, 0.2) is 0 Å². The fraction of sp³-hybridized carbons (Fsp3) is 0.800. The van der Waals surface area contributed by atoms with Crippen molar-refractivity contribution >= 4 is 11.7 Å². The van der Waals surface area contributed by atoms with Crippen molar-refractivity contribution in [1.29, 1.82) is 0 Å². The van der Waals surface area contributed by atoms with Gasteiger partial charge in [0.2, 0.25) is 5.91 Å². The van der Waals surface area contributed by atoms with E-state index in [0.717, 1.165) is 19.6 Å². The van der Waals surface area contributed by atoms with Crippen LogP contribution in [-0.4, -0.2) is 42.3 Å². The van der Waals surface area contributed by atoms with E-state index in [1.54, 1.807) is 6.92 Å². The molecule has 0 radical (unpaired) electrons. The molecule has 4 nitrogen and oxygen atoms in total. The maximum Gasteiger partial charge on any atom is 0.221 e. The van der Waals surface area contributed by atoms with Gasteiger partial charge < -0.3 is 10.2 Å². The zero-order valence-electron chi connectivity index (χ0n) is 8.88. The Bertz CT molecular complexity index is 228. The minimum atomic E-state index is 0.114. The van der Waals surface area contributed by atoms with Crippen molar-refractivity contribution in [3.8, 4) is 0 Å². The predicted octanol–water partition coefficient (Wildman–Crippen LogP) is 0.176. The highest BCUT2D eigenvalue weighted by atomic mass is 16.1. The summed E-state index contributed by atoms with van der Waals surface area (Å²) in [4.78, 5) is 24.2. The Morgan fingerprint density at radius 1 is 1.64 bits per heavy atom. The van der Waals surface area contributed by atoms with Gasteiger partial charge in [-0.15, -0.1) is 0 Å². The van der Waals surface area contributed by atoms with Gasteiger partial charge in [0.15, 0.2) is 0 Å². The van der Waals surface area contributed by atoms with Gasteiger partial charge in [-0.25, -0.2) is 0 Å². The van der Waals surface area contributed by atoms with Gasteiger partial charge in [0.25, 0.3) is 0 Å².